The van der Waals surface area contributed by atoms with Crippen LogP contribution >= 0.6 is 0 Å². The van der Waals surface area contributed by atoms with Gasteiger partial charge in [0, 0.05) is 5.56 Å². The maximum absolute atomic E-state index is 3.39. The van der Waals surface area contributed by atoms with Crippen molar-refractivity contribution in [2.75, 3.05) is 6.54 Å². The Morgan fingerprint density at radius 1 is 0.786 bits per heavy atom. The van der Waals surface area contributed by atoms with Gasteiger partial charge in [0.2, 0.25) is 0 Å². The van der Waals surface area contributed by atoms with Crippen molar-refractivity contribution < 1.29 is 4.90 Å². The first-order chi connectivity index (χ1) is 13.7. The third-order valence-corrected chi connectivity index (χ3v) is 4.89. The zero-order chi connectivity index (χ0) is 19.6. The van der Waals surface area contributed by atoms with Crippen molar-refractivity contribution in [1.82, 2.24) is 0 Å². The minimum absolute atomic E-state index is 0.529. The van der Waals surface area contributed by atoms with Crippen LogP contribution in [0.5, 0.6) is 0 Å². The minimum Gasteiger partial charge on any atom is -0.319 e. The van der Waals surface area contributed by atoms with Crippen LogP contribution < -0.4 is 4.90 Å². The van der Waals surface area contributed by atoms with Crippen molar-refractivity contribution in [1.29, 1.82) is 0 Å². The summed E-state index contributed by atoms with van der Waals surface area (Å²) in [5, 5.41) is 0. The van der Waals surface area contributed by atoms with Gasteiger partial charge in [0.15, 0.2) is 0 Å². The quantitative estimate of drug-likeness (QED) is 0.608. The van der Waals surface area contributed by atoms with Crippen LogP contribution in [-0.4, -0.2) is 12.6 Å². The van der Waals surface area contributed by atoms with Gasteiger partial charge in [-0.25, -0.2) is 0 Å². The van der Waals surface area contributed by atoms with E-state index in [-0.39, 0.29) is 0 Å². The van der Waals surface area contributed by atoms with Gasteiger partial charge in [0.25, 0.3) is 0 Å². The molecule has 1 atom stereocenters. The van der Waals surface area contributed by atoms with E-state index >= 15 is 0 Å². The summed E-state index contributed by atoms with van der Waals surface area (Å²) in [5.41, 5.74) is 4.92. The number of quaternary nitrogens is 1. The number of benzene rings is 3. The van der Waals surface area contributed by atoms with Gasteiger partial charge in [-0.2, -0.15) is 0 Å². The Labute approximate surface area is 169 Å². The van der Waals surface area contributed by atoms with Crippen LogP contribution in [-0.2, 0) is 6.54 Å². The molecule has 140 valence electrons. The summed E-state index contributed by atoms with van der Waals surface area (Å²) in [6.45, 7) is 6.35. The topological polar surface area (TPSA) is 4.44 Å². The van der Waals surface area contributed by atoms with Crippen molar-refractivity contribution in [3.05, 3.63) is 114 Å². The van der Waals surface area contributed by atoms with Crippen LogP contribution in [0.25, 0.3) is 5.57 Å². The van der Waals surface area contributed by atoms with Gasteiger partial charge < -0.3 is 4.90 Å². The summed E-state index contributed by atoms with van der Waals surface area (Å²) in [4.78, 5) is 1.48. The maximum Gasteiger partial charge on any atom is 0.140 e. The van der Waals surface area contributed by atoms with Crippen LogP contribution in [0, 0.1) is 11.8 Å². The predicted molar refractivity (Wildman–Crippen MR) is 119 cm³/mol. The average molecular weight is 367 g/mol. The SMILES string of the molecule is CC(C)[NH+](CC#CC=C(c1ccccc1)c1ccccc1)Cc1ccccc1. The number of rotatable bonds is 6. The Balaban J connectivity index is 1.78. The molecule has 0 aromatic heterocycles. The first-order valence-corrected chi connectivity index (χ1v) is 9.92. The van der Waals surface area contributed by atoms with Crippen LogP contribution in [0.4, 0.5) is 0 Å². The third kappa shape index (κ3) is 5.71. The van der Waals surface area contributed by atoms with Gasteiger partial charge in [-0.05, 0) is 42.5 Å². The zero-order valence-corrected chi connectivity index (χ0v) is 16.7. The van der Waals surface area contributed by atoms with E-state index in [1.54, 1.807) is 0 Å². The Hall–Kier alpha value is -3.08. The molecule has 0 aliphatic rings. The highest BCUT2D eigenvalue weighted by atomic mass is 15.1. The highest BCUT2D eigenvalue weighted by Gasteiger charge is 2.11. The van der Waals surface area contributed by atoms with Crippen LogP contribution in [0.2, 0.25) is 0 Å². The summed E-state index contributed by atoms with van der Waals surface area (Å²) in [7, 11) is 0. The van der Waals surface area contributed by atoms with Gasteiger partial charge in [-0.15, -0.1) is 0 Å². The Bertz CT molecular complexity index is 888. The van der Waals surface area contributed by atoms with E-state index in [0.717, 1.165) is 13.1 Å². The molecule has 3 aromatic carbocycles. The predicted octanol–water partition coefficient (Wildman–Crippen LogP) is 4.62. The van der Waals surface area contributed by atoms with Crippen molar-refractivity contribution in [2.45, 2.75) is 26.4 Å². The van der Waals surface area contributed by atoms with Crippen molar-refractivity contribution in [3.63, 3.8) is 0 Å². The Morgan fingerprint density at radius 2 is 1.29 bits per heavy atom. The summed E-state index contributed by atoms with van der Waals surface area (Å²) in [5.74, 6) is 6.71. The second-order valence-corrected chi connectivity index (χ2v) is 7.26. The molecule has 1 N–H and O–H groups in total. The molecule has 1 heteroatoms. The highest BCUT2D eigenvalue weighted by Crippen LogP contribution is 2.22. The normalized spacial score (nSPS) is 11.4. The lowest BCUT2D eigenvalue weighted by atomic mass is 9.98. The molecular formula is C27H28N+. The number of hydrogen-bond acceptors (Lipinski definition) is 0. The second kappa shape index (κ2) is 10.3. The lowest BCUT2D eigenvalue weighted by Gasteiger charge is -2.21. The molecule has 3 aromatic rings. The molecule has 0 saturated heterocycles. The van der Waals surface area contributed by atoms with Crippen LogP contribution in [0.15, 0.2) is 97.1 Å². The van der Waals surface area contributed by atoms with Gasteiger partial charge in [-0.3, -0.25) is 0 Å². The molecule has 3 rings (SSSR count). The number of hydrogen-bond donors (Lipinski definition) is 1. The molecule has 0 spiro atoms. The van der Waals surface area contributed by atoms with Crippen molar-refractivity contribution in [2.24, 2.45) is 0 Å². The van der Waals surface area contributed by atoms with Gasteiger partial charge in [-0.1, -0.05) is 96.9 Å². The zero-order valence-electron chi connectivity index (χ0n) is 16.7. The number of nitrogens with one attached hydrogen (secondary N) is 1. The minimum atomic E-state index is 0.529. The first kappa shape index (κ1) is 19.7. The van der Waals surface area contributed by atoms with E-state index in [0.29, 0.717) is 6.04 Å². The summed E-state index contributed by atoms with van der Waals surface area (Å²) >= 11 is 0. The first-order valence-electron chi connectivity index (χ1n) is 9.92. The van der Waals surface area contributed by atoms with E-state index < -0.39 is 0 Å². The highest BCUT2D eigenvalue weighted by molar-refractivity contribution is 5.81. The molecule has 0 bridgehead atoms. The summed E-state index contributed by atoms with van der Waals surface area (Å²) in [6, 6.07) is 32.1. The van der Waals surface area contributed by atoms with E-state index in [1.807, 2.05) is 12.1 Å². The molecular weight excluding hydrogens is 338 g/mol. The second-order valence-electron chi connectivity index (χ2n) is 7.26. The Kier molecular flexibility index (Phi) is 7.24. The van der Waals surface area contributed by atoms with Crippen LogP contribution in [0.3, 0.4) is 0 Å². The van der Waals surface area contributed by atoms with Gasteiger partial charge >= 0.3 is 0 Å². The van der Waals surface area contributed by atoms with E-state index in [1.165, 1.54) is 27.2 Å². The maximum atomic E-state index is 3.39. The molecule has 1 unspecified atom stereocenters. The van der Waals surface area contributed by atoms with Gasteiger partial charge in [0.1, 0.15) is 13.1 Å². The molecule has 0 radical (unpaired) electrons. The summed E-state index contributed by atoms with van der Waals surface area (Å²) in [6.07, 6.45) is 2.06. The van der Waals surface area contributed by atoms with E-state index in [2.05, 4.69) is 111 Å². The van der Waals surface area contributed by atoms with E-state index in [4.69, 9.17) is 0 Å². The molecule has 0 aliphatic heterocycles. The molecule has 0 aliphatic carbocycles. The molecule has 0 heterocycles. The van der Waals surface area contributed by atoms with Crippen molar-refractivity contribution in [3.8, 4) is 11.8 Å². The fourth-order valence-electron chi connectivity index (χ4n) is 3.19. The lowest BCUT2D eigenvalue weighted by Crippen LogP contribution is -3.13. The van der Waals surface area contributed by atoms with Crippen LogP contribution in [0.1, 0.15) is 30.5 Å². The number of allylic oxidation sites excluding steroid dienone is 1. The smallest absolute Gasteiger partial charge is 0.140 e. The standard InChI is InChI=1S/C27H27N/c1-23(2)28(22-24-14-6-3-7-15-24)21-13-12-20-27(25-16-8-4-9-17-25)26-18-10-5-11-19-26/h3-11,14-20,23H,21-22H2,1-2H3/p+1. The Morgan fingerprint density at radius 3 is 1.79 bits per heavy atom. The largest absolute Gasteiger partial charge is 0.319 e. The fourth-order valence-corrected chi connectivity index (χ4v) is 3.19. The lowest BCUT2D eigenvalue weighted by molar-refractivity contribution is -0.928. The molecule has 1 nitrogen and oxygen atoms in total. The third-order valence-electron chi connectivity index (χ3n) is 4.89. The van der Waals surface area contributed by atoms with E-state index in [9.17, 15) is 0 Å². The monoisotopic (exact) mass is 366 g/mol. The average Bonchev–Trinajstić information content (AvgIpc) is 2.75. The molecule has 0 amide bonds. The molecule has 28 heavy (non-hydrogen) atoms. The van der Waals surface area contributed by atoms with Crippen molar-refractivity contribution >= 4 is 5.57 Å². The van der Waals surface area contributed by atoms with Gasteiger partial charge in [0.05, 0.1) is 6.04 Å². The molecule has 0 fully saturated rings. The summed E-state index contributed by atoms with van der Waals surface area (Å²) < 4.78 is 0. The molecule has 0 saturated carbocycles. The fraction of sp³-hybridized carbons (Fsp3) is 0.185.